The van der Waals surface area contributed by atoms with E-state index < -0.39 is 34.7 Å². The molecule has 2 rings (SSSR count). The summed E-state index contributed by atoms with van der Waals surface area (Å²) in [7, 11) is -3.62. The van der Waals surface area contributed by atoms with Crippen LogP contribution in [0, 0.1) is 0 Å². The lowest BCUT2D eigenvalue weighted by Gasteiger charge is -2.33. The smallest absolute Gasteiger partial charge is 0.329 e. The van der Waals surface area contributed by atoms with E-state index >= 15 is 0 Å². The maximum Gasteiger partial charge on any atom is 0.405 e. The standard InChI is InChI=1S/C15H19F3N4O4S/c16-15(17,18)11-19-14(24)20-13(23)10-21-6-8-22(9-7-21)27(25,26)12-4-2-1-3-5-12/h1-5H,6-11H2,(H2,19,20,23,24). The van der Waals surface area contributed by atoms with Crippen LogP contribution in [0.4, 0.5) is 18.0 Å². The lowest BCUT2D eigenvalue weighted by molar-refractivity contribution is -0.125. The quantitative estimate of drug-likeness (QED) is 0.734. The van der Waals surface area contributed by atoms with Crippen molar-refractivity contribution in [3.8, 4) is 0 Å². The van der Waals surface area contributed by atoms with Gasteiger partial charge in [0, 0.05) is 26.2 Å². The molecule has 0 saturated carbocycles. The highest BCUT2D eigenvalue weighted by molar-refractivity contribution is 7.89. The Hall–Kier alpha value is -2.18. The summed E-state index contributed by atoms with van der Waals surface area (Å²) in [5, 5.41) is 3.34. The van der Waals surface area contributed by atoms with Crippen molar-refractivity contribution in [2.24, 2.45) is 0 Å². The topological polar surface area (TPSA) is 98.8 Å². The summed E-state index contributed by atoms with van der Waals surface area (Å²) in [6, 6.07) is 6.71. The maximum atomic E-state index is 12.5. The van der Waals surface area contributed by atoms with Gasteiger partial charge in [0.1, 0.15) is 6.54 Å². The molecule has 12 heteroatoms. The van der Waals surface area contributed by atoms with E-state index in [2.05, 4.69) is 0 Å². The van der Waals surface area contributed by atoms with Gasteiger partial charge in [-0.2, -0.15) is 17.5 Å². The molecule has 1 saturated heterocycles. The first-order valence-corrected chi connectivity index (χ1v) is 9.44. The molecule has 0 aliphatic carbocycles. The fourth-order valence-electron chi connectivity index (χ4n) is 2.46. The molecule has 0 atom stereocenters. The second kappa shape index (κ2) is 8.67. The van der Waals surface area contributed by atoms with Gasteiger partial charge in [0.2, 0.25) is 15.9 Å². The Morgan fingerprint density at radius 3 is 2.19 bits per heavy atom. The number of benzene rings is 1. The van der Waals surface area contributed by atoms with E-state index in [1.807, 2.05) is 0 Å². The van der Waals surface area contributed by atoms with Crippen LogP contribution < -0.4 is 10.6 Å². The first-order chi connectivity index (χ1) is 12.6. The third kappa shape index (κ3) is 6.48. The highest BCUT2D eigenvalue weighted by atomic mass is 32.2. The number of piperazine rings is 1. The molecular formula is C15H19F3N4O4S. The molecule has 0 spiro atoms. The van der Waals surface area contributed by atoms with Crippen LogP contribution in [0.1, 0.15) is 0 Å². The number of nitrogens with zero attached hydrogens (tertiary/aromatic N) is 2. The highest BCUT2D eigenvalue weighted by Gasteiger charge is 2.30. The molecule has 0 bridgehead atoms. The van der Waals surface area contributed by atoms with Crippen molar-refractivity contribution in [3.63, 3.8) is 0 Å². The minimum absolute atomic E-state index is 0.158. The summed E-state index contributed by atoms with van der Waals surface area (Å²) < 4.78 is 62.3. The van der Waals surface area contributed by atoms with Gasteiger partial charge in [0.05, 0.1) is 11.4 Å². The molecule has 0 unspecified atom stereocenters. The van der Waals surface area contributed by atoms with Gasteiger partial charge in [0.25, 0.3) is 0 Å². The molecule has 150 valence electrons. The second-order valence-electron chi connectivity index (χ2n) is 5.84. The van der Waals surface area contributed by atoms with Crippen molar-refractivity contribution in [3.05, 3.63) is 30.3 Å². The number of amides is 3. The van der Waals surface area contributed by atoms with E-state index in [4.69, 9.17) is 0 Å². The van der Waals surface area contributed by atoms with Crippen LogP contribution in [0.5, 0.6) is 0 Å². The molecule has 1 aromatic carbocycles. The first-order valence-electron chi connectivity index (χ1n) is 8.00. The van der Waals surface area contributed by atoms with Gasteiger partial charge in [-0.15, -0.1) is 0 Å². The second-order valence-corrected chi connectivity index (χ2v) is 7.78. The van der Waals surface area contributed by atoms with E-state index in [0.29, 0.717) is 0 Å². The zero-order valence-electron chi connectivity index (χ0n) is 14.2. The number of urea groups is 1. The number of rotatable bonds is 5. The van der Waals surface area contributed by atoms with Crippen molar-refractivity contribution >= 4 is 22.0 Å². The van der Waals surface area contributed by atoms with Crippen molar-refractivity contribution in [2.75, 3.05) is 39.3 Å². The molecule has 1 aliphatic heterocycles. The van der Waals surface area contributed by atoms with Crippen LogP contribution in [0.3, 0.4) is 0 Å². The van der Waals surface area contributed by atoms with Gasteiger partial charge in [-0.1, -0.05) is 18.2 Å². The average molecular weight is 408 g/mol. The number of carbonyl (C=O) groups excluding carboxylic acids is 2. The zero-order chi connectivity index (χ0) is 20.1. The van der Waals surface area contributed by atoms with Gasteiger partial charge in [-0.3, -0.25) is 15.0 Å². The minimum Gasteiger partial charge on any atom is -0.329 e. The summed E-state index contributed by atoms with van der Waals surface area (Å²) in [6.07, 6.45) is -4.57. The Balaban J connectivity index is 1.79. The van der Waals surface area contributed by atoms with Gasteiger partial charge < -0.3 is 5.32 Å². The Kier molecular flexibility index (Phi) is 6.78. The number of nitrogens with one attached hydrogen (secondary N) is 2. The van der Waals surface area contributed by atoms with Crippen molar-refractivity contribution in [2.45, 2.75) is 11.1 Å². The third-order valence-electron chi connectivity index (χ3n) is 3.78. The molecular weight excluding hydrogens is 389 g/mol. The summed E-state index contributed by atoms with van der Waals surface area (Å²) in [5.74, 6) is -0.769. The summed E-state index contributed by atoms with van der Waals surface area (Å²) >= 11 is 0. The van der Waals surface area contributed by atoms with Crippen LogP contribution >= 0.6 is 0 Å². The SMILES string of the molecule is O=C(CN1CCN(S(=O)(=O)c2ccccc2)CC1)NC(=O)NCC(F)(F)F. The van der Waals surface area contributed by atoms with Crippen molar-refractivity contribution in [1.82, 2.24) is 19.8 Å². The molecule has 1 heterocycles. The molecule has 0 radical (unpaired) electrons. The fourth-order valence-corrected chi connectivity index (χ4v) is 3.91. The lowest BCUT2D eigenvalue weighted by Crippen LogP contribution is -2.52. The van der Waals surface area contributed by atoms with Crippen LogP contribution in [-0.4, -0.2) is 75.0 Å². The minimum atomic E-state index is -4.57. The van der Waals surface area contributed by atoms with Crippen LogP contribution in [0.15, 0.2) is 35.2 Å². The van der Waals surface area contributed by atoms with Gasteiger partial charge in [-0.05, 0) is 12.1 Å². The third-order valence-corrected chi connectivity index (χ3v) is 5.69. The summed E-state index contributed by atoms with van der Waals surface area (Å²) in [4.78, 5) is 24.7. The Bertz CT molecular complexity index is 763. The van der Waals surface area contributed by atoms with E-state index in [0.717, 1.165) is 0 Å². The monoisotopic (exact) mass is 408 g/mol. The number of sulfonamides is 1. The Morgan fingerprint density at radius 1 is 1.04 bits per heavy atom. The summed E-state index contributed by atoms with van der Waals surface area (Å²) in [5.41, 5.74) is 0. The maximum absolute atomic E-state index is 12.5. The van der Waals surface area contributed by atoms with Crippen LogP contribution in [0.2, 0.25) is 0 Å². The molecule has 1 aromatic rings. The number of hydrogen-bond acceptors (Lipinski definition) is 5. The number of hydrogen-bond donors (Lipinski definition) is 2. The zero-order valence-corrected chi connectivity index (χ0v) is 15.0. The Morgan fingerprint density at radius 2 is 1.63 bits per heavy atom. The Labute approximate surface area is 154 Å². The molecule has 1 aliphatic rings. The molecule has 27 heavy (non-hydrogen) atoms. The van der Waals surface area contributed by atoms with E-state index in [9.17, 15) is 31.2 Å². The normalized spacial score (nSPS) is 16.7. The highest BCUT2D eigenvalue weighted by Crippen LogP contribution is 2.17. The fraction of sp³-hybridized carbons (Fsp3) is 0.467. The largest absolute Gasteiger partial charge is 0.405 e. The average Bonchev–Trinajstić information content (AvgIpc) is 2.60. The number of carbonyl (C=O) groups is 2. The molecule has 0 aromatic heterocycles. The van der Waals surface area contributed by atoms with E-state index in [-0.39, 0.29) is 37.6 Å². The molecule has 8 nitrogen and oxygen atoms in total. The van der Waals surface area contributed by atoms with Crippen molar-refractivity contribution in [1.29, 1.82) is 0 Å². The molecule has 2 N–H and O–H groups in total. The molecule has 1 fully saturated rings. The van der Waals surface area contributed by atoms with E-state index in [1.165, 1.54) is 21.8 Å². The van der Waals surface area contributed by atoms with Crippen LogP contribution in [0.25, 0.3) is 0 Å². The lowest BCUT2D eigenvalue weighted by atomic mass is 10.3. The molecule has 3 amide bonds. The van der Waals surface area contributed by atoms with Gasteiger partial charge in [0.15, 0.2) is 0 Å². The van der Waals surface area contributed by atoms with Crippen LogP contribution in [-0.2, 0) is 14.8 Å². The number of halogens is 3. The van der Waals surface area contributed by atoms with E-state index in [1.54, 1.807) is 28.4 Å². The van der Waals surface area contributed by atoms with Crippen molar-refractivity contribution < 1.29 is 31.2 Å². The predicted molar refractivity (Wildman–Crippen MR) is 89.2 cm³/mol. The number of alkyl halides is 3. The predicted octanol–water partition coefficient (Wildman–Crippen LogP) is 0.381. The number of imide groups is 1. The first kappa shape index (κ1) is 21.1. The van der Waals surface area contributed by atoms with Gasteiger partial charge in [-0.25, -0.2) is 13.2 Å². The summed E-state index contributed by atoms with van der Waals surface area (Å²) in [6.45, 7) is -0.941. The van der Waals surface area contributed by atoms with Gasteiger partial charge >= 0.3 is 12.2 Å².